The number of imidazole rings is 1. The molecule has 2 N–H and O–H groups in total. The summed E-state index contributed by atoms with van der Waals surface area (Å²) in [5.41, 5.74) is 8.26. The van der Waals surface area contributed by atoms with Gasteiger partial charge in [-0.15, -0.1) is 0 Å². The van der Waals surface area contributed by atoms with Crippen molar-refractivity contribution in [3.8, 4) is 5.75 Å². The number of methoxy groups -OCH3 is 1. The monoisotopic (exact) mass is 257 g/mol. The molecule has 0 radical (unpaired) electrons. The number of fused-ring (bicyclic) bond motifs is 3. The van der Waals surface area contributed by atoms with E-state index in [4.69, 9.17) is 10.5 Å². The Morgan fingerprint density at radius 2 is 2.21 bits per heavy atom. The first-order valence-electron chi connectivity index (χ1n) is 7.07. The SMILES string of the molecule is COc1ccc2c(c1)nc(N)n2C1CC2CCC1C2. The maximum atomic E-state index is 6.17. The highest BCUT2D eigenvalue weighted by Gasteiger charge is 2.41. The van der Waals surface area contributed by atoms with Crippen molar-refractivity contribution in [1.82, 2.24) is 9.55 Å². The Hall–Kier alpha value is -1.71. The van der Waals surface area contributed by atoms with Crippen LogP contribution in [-0.2, 0) is 0 Å². The van der Waals surface area contributed by atoms with Gasteiger partial charge in [0.25, 0.3) is 0 Å². The molecule has 100 valence electrons. The first kappa shape index (κ1) is 11.1. The lowest BCUT2D eigenvalue weighted by molar-refractivity contribution is 0.339. The molecule has 2 aromatic rings. The van der Waals surface area contributed by atoms with Gasteiger partial charge in [-0.1, -0.05) is 6.42 Å². The molecular formula is C15H19N3O. The predicted molar refractivity (Wildman–Crippen MR) is 75.2 cm³/mol. The van der Waals surface area contributed by atoms with E-state index >= 15 is 0 Å². The van der Waals surface area contributed by atoms with Crippen LogP contribution in [0.2, 0.25) is 0 Å². The van der Waals surface area contributed by atoms with E-state index in [2.05, 4.69) is 15.6 Å². The molecule has 0 saturated heterocycles. The third-order valence-electron chi connectivity index (χ3n) is 4.96. The molecule has 2 bridgehead atoms. The lowest BCUT2D eigenvalue weighted by Crippen LogP contribution is -2.17. The van der Waals surface area contributed by atoms with Crippen molar-refractivity contribution in [2.45, 2.75) is 31.7 Å². The minimum Gasteiger partial charge on any atom is -0.497 e. The second kappa shape index (κ2) is 3.89. The molecule has 0 spiro atoms. The molecule has 4 nitrogen and oxygen atoms in total. The topological polar surface area (TPSA) is 53.1 Å². The highest BCUT2D eigenvalue weighted by molar-refractivity contribution is 5.80. The summed E-state index contributed by atoms with van der Waals surface area (Å²) in [5, 5.41) is 0. The van der Waals surface area contributed by atoms with Crippen LogP contribution in [-0.4, -0.2) is 16.7 Å². The largest absolute Gasteiger partial charge is 0.497 e. The quantitative estimate of drug-likeness (QED) is 0.899. The van der Waals surface area contributed by atoms with E-state index in [0.29, 0.717) is 12.0 Å². The van der Waals surface area contributed by atoms with Crippen molar-refractivity contribution in [1.29, 1.82) is 0 Å². The minimum atomic E-state index is 0.553. The van der Waals surface area contributed by atoms with Gasteiger partial charge in [-0.05, 0) is 43.2 Å². The second-order valence-electron chi connectivity index (χ2n) is 5.94. The van der Waals surface area contributed by atoms with E-state index in [1.165, 1.54) is 25.7 Å². The fraction of sp³-hybridized carbons (Fsp3) is 0.533. The number of aromatic nitrogens is 2. The van der Waals surface area contributed by atoms with Crippen LogP contribution in [0.4, 0.5) is 5.95 Å². The molecule has 0 amide bonds. The van der Waals surface area contributed by atoms with Gasteiger partial charge in [0, 0.05) is 12.1 Å². The average molecular weight is 257 g/mol. The standard InChI is InChI=1S/C15H19N3O/c1-19-11-4-5-13-12(8-11)17-15(16)18(13)14-7-9-2-3-10(14)6-9/h4-5,8-10,14H,2-3,6-7H2,1H3,(H2,16,17). The Kier molecular flexibility index (Phi) is 2.28. The van der Waals surface area contributed by atoms with E-state index in [1.54, 1.807) is 7.11 Å². The molecule has 3 unspecified atom stereocenters. The van der Waals surface area contributed by atoms with Crippen molar-refractivity contribution in [3.05, 3.63) is 18.2 Å². The first-order chi connectivity index (χ1) is 9.26. The molecule has 1 heterocycles. The van der Waals surface area contributed by atoms with Gasteiger partial charge in [0.2, 0.25) is 5.95 Å². The molecule has 19 heavy (non-hydrogen) atoms. The number of rotatable bonds is 2. The van der Waals surface area contributed by atoms with Gasteiger partial charge in [0.1, 0.15) is 5.75 Å². The summed E-state index contributed by atoms with van der Waals surface area (Å²) >= 11 is 0. The summed E-state index contributed by atoms with van der Waals surface area (Å²) in [7, 11) is 1.68. The highest BCUT2D eigenvalue weighted by Crippen LogP contribution is 2.52. The van der Waals surface area contributed by atoms with E-state index < -0.39 is 0 Å². The Morgan fingerprint density at radius 1 is 1.32 bits per heavy atom. The van der Waals surface area contributed by atoms with Gasteiger partial charge >= 0.3 is 0 Å². The van der Waals surface area contributed by atoms with E-state index in [1.807, 2.05) is 12.1 Å². The molecule has 2 aliphatic carbocycles. The number of nitrogens with two attached hydrogens (primary N) is 1. The van der Waals surface area contributed by atoms with Crippen molar-refractivity contribution in [2.75, 3.05) is 12.8 Å². The Labute approximate surface area is 112 Å². The molecule has 1 aromatic heterocycles. The van der Waals surface area contributed by atoms with Crippen LogP contribution < -0.4 is 10.5 Å². The molecule has 3 atom stereocenters. The predicted octanol–water partition coefficient (Wildman–Crippen LogP) is 2.99. The fourth-order valence-corrected chi connectivity index (χ4v) is 4.10. The van der Waals surface area contributed by atoms with Crippen LogP contribution in [0.3, 0.4) is 0 Å². The number of anilines is 1. The molecule has 2 fully saturated rings. The maximum absolute atomic E-state index is 6.17. The third-order valence-corrected chi connectivity index (χ3v) is 4.96. The van der Waals surface area contributed by atoms with Crippen LogP contribution in [0.5, 0.6) is 5.75 Å². The van der Waals surface area contributed by atoms with Crippen molar-refractivity contribution in [3.63, 3.8) is 0 Å². The lowest BCUT2D eigenvalue weighted by Gasteiger charge is -2.24. The molecule has 2 saturated carbocycles. The summed E-state index contributed by atoms with van der Waals surface area (Å²) in [6.07, 6.45) is 5.40. The number of nitrogen functional groups attached to an aromatic ring is 1. The molecular weight excluding hydrogens is 238 g/mol. The smallest absolute Gasteiger partial charge is 0.201 e. The average Bonchev–Trinajstić information content (AvgIpc) is 3.09. The first-order valence-corrected chi connectivity index (χ1v) is 7.07. The van der Waals surface area contributed by atoms with Gasteiger partial charge in [-0.25, -0.2) is 4.98 Å². The number of hydrogen-bond acceptors (Lipinski definition) is 3. The molecule has 4 rings (SSSR count). The molecule has 4 heteroatoms. The summed E-state index contributed by atoms with van der Waals surface area (Å²) in [6, 6.07) is 6.60. The van der Waals surface area contributed by atoms with E-state index in [9.17, 15) is 0 Å². The second-order valence-corrected chi connectivity index (χ2v) is 5.94. The van der Waals surface area contributed by atoms with E-state index in [-0.39, 0.29) is 0 Å². The minimum absolute atomic E-state index is 0.553. The zero-order valence-corrected chi connectivity index (χ0v) is 11.2. The molecule has 0 aliphatic heterocycles. The molecule has 1 aromatic carbocycles. The van der Waals surface area contributed by atoms with Crippen molar-refractivity contribution < 1.29 is 4.74 Å². The zero-order valence-electron chi connectivity index (χ0n) is 11.2. The number of benzene rings is 1. The fourth-order valence-electron chi connectivity index (χ4n) is 4.10. The van der Waals surface area contributed by atoms with Crippen LogP contribution >= 0.6 is 0 Å². The van der Waals surface area contributed by atoms with E-state index in [0.717, 1.165) is 28.6 Å². The van der Waals surface area contributed by atoms with Crippen LogP contribution in [0, 0.1) is 11.8 Å². The lowest BCUT2D eigenvalue weighted by atomic mass is 9.95. The Morgan fingerprint density at radius 3 is 2.89 bits per heavy atom. The Bertz CT molecular complexity index is 634. The number of nitrogens with zero attached hydrogens (tertiary/aromatic N) is 2. The number of ether oxygens (including phenoxy) is 1. The van der Waals surface area contributed by atoms with Crippen LogP contribution in [0.25, 0.3) is 11.0 Å². The molecule has 2 aliphatic rings. The van der Waals surface area contributed by atoms with Crippen LogP contribution in [0.1, 0.15) is 31.7 Å². The summed E-state index contributed by atoms with van der Waals surface area (Å²) in [6.45, 7) is 0. The Balaban J connectivity index is 1.83. The number of hydrogen-bond donors (Lipinski definition) is 1. The van der Waals surface area contributed by atoms with Gasteiger partial charge in [-0.3, -0.25) is 0 Å². The zero-order chi connectivity index (χ0) is 13.0. The van der Waals surface area contributed by atoms with Crippen LogP contribution in [0.15, 0.2) is 18.2 Å². The van der Waals surface area contributed by atoms with Crippen molar-refractivity contribution in [2.24, 2.45) is 11.8 Å². The van der Waals surface area contributed by atoms with Gasteiger partial charge in [0.05, 0.1) is 18.1 Å². The third kappa shape index (κ3) is 1.55. The highest BCUT2D eigenvalue weighted by atomic mass is 16.5. The van der Waals surface area contributed by atoms with Gasteiger partial charge < -0.3 is 15.0 Å². The van der Waals surface area contributed by atoms with Gasteiger partial charge in [0.15, 0.2) is 0 Å². The normalized spacial score (nSPS) is 29.2. The summed E-state index contributed by atoms with van der Waals surface area (Å²) in [4.78, 5) is 4.51. The van der Waals surface area contributed by atoms with Gasteiger partial charge in [-0.2, -0.15) is 0 Å². The van der Waals surface area contributed by atoms with Crippen molar-refractivity contribution >= 4 is 17.0 Å². The maximum Gasteiger partial charge on any atom is 0.201 e. The summed E-state index contributed by atoms with van der Waals surface area (Å²) < 4.78 is 7.52. The summed E-state index contributed by atoms with van der Waals surface area (Å²) in [5.74, 6) is 3.20.